The van der Waals surface area contributed by atoms with Crippen LogP contribution in [0.1, 0.15) is 26.3 Å². The van der Waals surface area contributed by atoms with Crippen LogP contribution in [0.2, 0.25) is 5.02 Å². The number of anilines is 1. The van der Waals surface area contributed by atoms with E-state index in [2.05, 4.69) is 20.3 Å². The molecule has 130 valence electrons. The Labute approximate surface area is 153 Å². The highest BCUT2D eigenvalue weighted by Gasteiger charge is 2.12. The minimum absolute atomic E-state index is 0.0942. The molecule has 2 heterocycles. The molecule has 0 aliphatic carbocycles. The molecule has 0 unspecified atom stereocenters. The van der Waals surface area contributed by atoms with E-state index >= 15 is 0 Å². The number of carbonyl (C=O) groups excluding carboxylic acids is 1. The Hall–Kier alpha value is -3.32. The molecule has 0 saturated heterocycles. The molecule has 0 saturated carbocycles. The summed E-state index contributed by atoms with van der Waals surface area (Å²) in [6.45, 7) is 1.79. The van der Waals surface area contributed by atoms with Gasteiger partial charge in [0.05, 0.1) is 28.7 Å². The number of aromatic nitrogens is 3. The van der Waals surface area contributed by atoms with Crippen LogP contribution in [0.25, 0.3) is 11.3 Å². The SMILES string of the molecule is Cc1cnccc1C(=O)Nc1cnc(-c2cc(C(=O)O)ccc2Cl)cn1. The molecule has 1 aromatic carbocycles. The fraction of sp³-hybridized carbons (Fsp3) is 0.0556. The molecule has 0 spiro atoms. The molecule has 0 fully saturated rings. The van der Waals surface area contributed by atoms with E-state index in [0.717, 1.165) is 5.56 Å². The van der Waals surface area contributed by atoms with Crippen LogP contribution in [0.3, 0.4) is 0 Å². The molecule has 3 aromatic rings. The van der Waals surface area contributed by atoms with Crippen LogP contribution >= 0.6 is 11.6 Å². The van der Waals surface area contributed by atoms with Crippen LogP contribution in [0.15, 0.2) is 49.1 Å². The Morgan fingerprint density at radius 3 is 2.58 bits per heavy atom. The van der Waals surface area contributed by atoms with Crippen LogP contribution in [0.5, 0.6) is 0 Å². The molecule has 0 radical (unpaired) electrons. The van der Waals surface area contributed by atoms with Gasteiger partial charge >= 0.3 is 5.97 Å². The Morgan fingerprint density at radius 1 is 1.12 bits per heavy atom. The number of aromatic carboxylic acids is 1. The second kappa shape index (κ2) is 7.28. The maximum absolute atomic E-state index is 12.3. The van der Waals surface area contributed by atoms with E-state index in [9.17, 15) is 9.59 Å². The number of halogens is 1. The second-order valence-electron chi connectivity index (χ2n) is 5.43. The van der Waals surface area contributed by atoms with Crippen LogP contribution < -0.4 is 5.32 Å². The average Bonchev–Trinajstić information content (AvgIpc) is 2.63. The van der Waals surface area contributed by atoms with Crippen LogP contribution in [0.4, 0.5) is 5.82 Å². The van der Waals surface area contributed by atoms with E-state index in [0.29, 0.717) is 21.8 Å². The number of amides is 1. The van der Waals surface area contributed by atoms with Gasteiger partial charge in [-0.3, -0.25) is 14.8 Å². The first-order valence-corrected chi connectivity index (χ1v) is 7.90. The molecule has 2 aromatic heterocycles. The zero-order chi connectivity index (χ0) is 18.7. The minimum atomic E-state index is -1.06. The third-order valence-corrected chi connectivity index (χ3v) is 3.98. The van der Waals surface area contributed by atoms with Crippen molar-refractivity contribution >= 4 is 29.3 Å². The number of nitrogens with one attached hydrogen (secondary N) is 1. The number of hydrogen-bond acceptors (Lipinski definition) is 5. The number of hydrogen-bond donors (Lipinski definition) is 2. The van der Waals surface area contributed by atoms with Crippen molar-refractivity contribution in [1.82, 2.24) is 15.0 Å². The quantitative estimate of drug-likeness (QED) is 0.730. The number of carboxylic acid groups (broad SMARTS) is 1. The number of aryl methyl sites for hydroxylation is 1. The van der Waals surface area contributed by atoms with E-state index in [1.807, 2.05) is 0 Å². The smallest absolute Gasteiger partial charge is 0.335 e. The normalized spacial score (nSPS) is 10.4. The zero-order valence-electron chi connectivity index (χ0n) is 13.6. The van der Waals surface area contributed by atoms with Gasteiger partial charge in [-0.05, 0) is 36.8 Å². The number of rotatable bonds is 4. The highest BCUT2D eigenvalue weighted by atomic mass is 35.5. The summed E-state index contributed by atoms with van der Waals surface area (Å²) in [6.07, 6.45) is 5.94. The standard InChI is InChI=1S/C18H13ClN4O3/c1-10-7-20-5-4-12(10)17(24)23-16-9-21-15(8-22-16)13-6-11(18(25)26)2-3-14(13)19/h2-9H,1H3,(H,25,26)(H,22,23,24). The van der Waals surface area contributed by atoms with Gasteiger partial charge in [0.15, 0.2) is 5.82 Å². The Bertz CT molecular complexity index is 990. The summed E-state index contributed by atoms with van der Waals surface area (Å²) in [5, 5.41) is 12.1. The van der Waals surface area contributed by atoms with Gasteiger partial charge in [-0.15, -0.1) is 0 Å². The van der Waals surface area contributed by atoms with Gasteiger partial charge in [0, 0.05) is 23.5 Å². The predicted molar refractivity (Wildman–Crippen MR) is 96.4 cm³/mol. The van der Waals surface area contributed by atoms with Gasteiger partial charge in [0.2, 0.25) is 0 Å². The summed E-state index contributed by atoms with van der Waals surface area (Å²) in [5.41, 5.74) is 2.17. The Kier molecular flexibility index (Phi) is 4.90. The molecule has 0 bridgehead atoms. The second-order valence-corrected chi connectivity index (χ2v) is 5.84. The highest BCUT2D eigenvalue weighted by molar-refractivity contribution is 6.33. The minimum Gasteiger partial charge on any atom is -0.478 e. The van der Waals surface area contributed by atoms with Crippen molar-refractivity contribution in [2.24, 2.45) is 0 Å². The van der Waals surface area contributed by atoms with Crippen molar-refractivity contribution in [3.05, 3.63) is 70.8 Å². The maximum atomic E-state index is 12.3. The molecular weight excluding hydrogens is 356 g/mol. The molecule has 1 amide bonds. The van der Waals surface area contributed by atoms with E-state index in [4.69, 9.17) is 16.7 Å². The van der Waals surface area contributed by atoms with Crippen LogP contribution in [0, 0.1) is 6.92 Å². The van der Waals surface area contributed by atoms with E-state index < -0.39 is 5.97 Å². The summed E-state index contributed by atoms with van der Waals surface area (Å²) in [6, 6.07) is 5.94. The number of benzene rings is 1. The van der Waals surface area contributed by atoms with Crippen molar-refractivity contribution in [3.63, 3.8) is 0 Å². The summed E-state index contributed by atoms with van der Waals surface area (Å²) < 4.78 is 0. The lowest BCUT2D eigenvalue weighted by molar-refractivity contribution is 0.0696. The maximum Gasteiger partial charge on any atom is 0.335 e. The van der Waals surface area contributed by atoms with Gasteiger partial charge in [0.25, 0.3) is 5.91 Å². The summed E-state index contributed by atoms with van der Waals surface area (Å²) in [7, 11) is 0. The number of pyridine rings is 1. The number of carbonyl (C=O) groups is 2. The van der Waals surface area contributed by atoms with E-state index in [1.165, 1.54) is 36.8 Å². The monoisotopic (exact) mass is 368 g/mol. The lowest BCUT2D eigenvalue weighted by Gasteiger charge is -2.08. The topological polar surface area (TPSA) is 105 Å². The molecule has 3 rings (SSSR count). The molecule has 0 atom stereocenters. The van der Waals surface area contributed by atoms with E-state index in [1.54, 1.807) is 19.2 Å². The predicted octanol–water partition coefficient (Wildman–Crippen LogP) is 3.45. The lowest BCUT2D eigenvalue weighted by atomic mass is 10.1. The van der Waals surface area contributed by atoms with Gasteiger partial charge in [0.1, 0.15) is 0 Å². The van der Waals surface area contributed by atoms with Crippen LogP contribution in [-0.4, -0.2) is 31.9 Å². The number of carboxylic acids is 1. The number of nitrogens with zero attached hydrogens (tertiary/aromatic N) is 3. The fourth-order valence-electron chi connectivity index (χ4n) is 2.30. The first-order valence-electron chi connectivity index (χ1n) is 7.53. The highest BCUT2D eigenvalue weighted by Crippen LogP contribution is 2.27. The zero-order valence-corrected chi connectivity index (χ0v) is 14.4. The van der Waals surface area contributed by atoms with Crippen molar-refractivity contribution in [3.8, 4) is 11.3 Å². The molecule has 0 aliphatic rings. The summed E-state index contributed by atoms with van der Waals surface area (Å²) in [5.74, 6) is -1.12. The van der Waals surface area contributed by atoms with Crippen LogP contribution in [-0.2, 0) is 0 Å². The third-order valence-electron chi connectivity index (χ3n) is 3.65. The Morgan fingerprint density at radius 2 is 1.92 bits per heavy atom. The van der Waals surface area contributed by atoms with Gasteiger partial charge in [-0.25, -0.2) is 9.78 Å². The van der Waals surface area contributed by atoms with Gasteiger partial charge in [-0.2, -0.15) is 0 Å². The van der Waals surface area contributed by atoms with Gasteiger partial charge < -0.3 is 10.4 Å². The van der Waals surface area contributed by atoms with Crippen molar-refractivity contribution in [2.45, 2.75) is 6.92 Å². The lowest BCUT2D eigenvalue weighted by Crippen LogP contribution is -2.14. The molecule has 2 N–H and O–H groups in total. The van der Waals surface area contributed by atoms with Crippen molar-refractivity contribution < 1.29 is 14.7 Å². The van der Waals surface area contributed by atoms with E-state index in [-0.39, 0.29) is 17.3 Å². The summed E-state index contributed by atoms with van der Waals surface area (Å²) in [4.78, 5) is 35.7. The molecule has 26 heavy (non-hydrogen) atoms. The molecule has 8 heteroatoms. The largest absolute Gasteiger partial charge is 0.478 e. The average molecular weight is 369 g/mol. The van der Waals surface area contributed by atoms with Crippen molar-refractivity contribution in [2.75, 3.05) is 5.32 Å². The molecule has 0 aliphatic heterocycles. The van der Waals surface area contributed by atoms with Crippen molar-refractivity contribution in [1.29, 1.82) is 0 Å². The fourth-order valence-corrected chi connectivity index (χ4v) is 2.51. The molecule has 7 nitrogen and oxygen atoms in total. The molecular formula is C18H13ClN4O3. The third kappa shape index (κ3) is 3.68. The first-order chi connectivity index (χ1) is 12.5. The van der Waals surface area contributed by atoms with Gasteiger partial charge in [-0.1, -0.05) is 11.6 Å². The first kappa shape index (κ1) is 17.5. The summed E-state index contributed by atoms with van der Waals surface area (Å²) >= 11 is 6.12. The Balaban J connectivity index is 1.83.